The van der Waals surface area contributed by atoms with Gasteiger partial charge in [0.25, 0.3) is 0 Å². The molecule has 0 spiro atoms. The van der Waals surface area contributed by atoms with Crippen molar-refractivity contribution in [1.82, 2.24) is 4.98 Å². The molecule has 0 atom stereocenters. The monoisotopic (exact) mass is 339 g/mol. The highest BCUT2D eigenvalue weighted by Crippen LogP contribution is 2.25. The number of aromatic nitrogens is 1. The number of nitrogens with zero attached hydrogens (tertiary/aromatic N) is 1. The van der Waals surface area contributed by atoms with Gasteiger partial charge in [-0.2, -0.15) is 0 Å². The van der Waals surface area contributed by atoms with Crippen molar-refractivity contribution in [2.75, 3.05) is 5.75 Å². The van der Waals surface area contributed by atoms with E-state index >= 15 is 0 Å². The number of halogens is 1. The van der Waals surface area contributed by atoms with Crippen molar-refractivity contribution in [1.29, 1.82) is 0 Å². The summed E-state index contributed by atoms with van der Waals surface area (Å²) in [6.07, 6.45) is 1.66. The van der Waals surface area contributed by atoms with Crippen LogP contribution in [0.15, 0.2) is 46.0 Å². The number of Topliss-reactive ketones (excluding diaryl/α,β-unsaturated/α-hetero) is 1. The van der Waals surface area contributed by atoms with Crippen LogP contribution in [0.1, 0.15) is 10.4 Å². The number of ketones is 1. The molecule has 0 amide bonds. The van der Waals surface area contributed by atoms with Crippen LogP contribution < -0.4 is 0 Å². The molecule has 6 heteroatoms. The van der Waals surface area contributed by atoms with Crippen molar-refractivity contribution in [3.05, 3.63) is 46.6 Å². The van der Waals surface area contributed by atoms with Gasteiger partial charge in [0, 0.05) is 16.7 Å². The fraction of sp³-hybridized carbons (Fsp3) is 0.0769. The zero-order chi connectivity index (χ0) is 13.8. The second-order valence-corrected chi connectivity index (χ2v) is 5.64. The molecule has 0 radical (unpaired) electrons. The number of phenols is 2. The number of hydrogen-bond donors (Lipinski definition) is 2. The largest absolute Gasteiger partial charge is 0.508 e. The van der Waals surface area contributed by atoms with Crippen LogP contribution in [0.3, 0.4) is 0 Å². The molecule has 0 aliphatic heterocycles. The summed E-state index contributed by atoms with van der Waals surface area (Å²) in [7, 11) is 0. The third kappa shape index (κ3) is 3.71. The minimum atomic E-state index is -0.216. The fourth-order valence-electron chi connectivity index (χ4n) is 1.42. The maximum absolute atomic E-state index is 11.9. The first-order valence-corrected chi connectivity index (χ1v) is 7.13. The minimum absolute atomic E-state index is 0.0729. The summed E-state index contributed by atoms with van der Waals surface area (Å²) in [5.41, 5.74) is 0.197. The second-order valence-electron chi connectivity index (χ2n) is 3.73. The number of carbonyl (C=O) groups is 1. The summed E-state index contributed by atoms with van der Waals surface area (Å²) in [6.45, 7) is 0. The summed E-state index contributed by atoms with van der Waals surface area (Å²) in [6, 6.07) is 7.57. The van der Waals surface area contributed by atoms with E-state index in [9.17, 15) is 9.90 Å². The lowest BCUT2D eigenvalue weighted by Gasteiger charge is -2.04. The first-order valence-electron chi connectivity index (χ1n) is 5.36. The highest BCUT2D eigenvalue weighted by molar-refractivity contribution is 9.10. The van der Waals surface area contributed by atoms with Crippen LogP contribution in [0.2, 0.25) is 0 Å². The molecular weight excluding hydrogens is 330 g/mol. The molecule has 0 aliphatic rings. The maximum atomic E-state index is 11.9. The SMILES string of the molecule is O=C(CSc1ccc(Br)cn1)c1ccc(O)cc1O. The van der Waals surface area contributed by atoms with Gasteiger partial charge in [0.05, 0.1) is 16.3 Å². The number of pyridine rings is 1. The molecule has 1 heterocycles. The van der Waals surface area contributed by atoms with Gasteiger partial charge in [-0.25, -0.2) is 4.98 Å². The molecule has 0 bridgehead atoms. The van der Waals surface area contributed by atoms with Crippen LogP contribution in [0.5, 0.6) is 11.5 Å². The molecule has 1 aromatic heterocycles. The summed E-state index contributed by atoms with van der Waals surface area (Å²) in [5, 5.41) is 19.5. The number of benzene rings is 1. The molecule has 0 saturated heterocycles. The molecule has 0 saturated carbocycles. The van der Waals surface area contributed by atoms with E-state index < -0.39 is 0 Å². The zero-order valence-corrected chi connectivity index (χ0v) is 12.1. The number of rotatable bonds is 4. The molecule has 0 fully saturated rings. The van der Waals surface area contributed by atoms with Crippen molar-refractivity contribution >= 4 is 33.5 Å². The molecular formula is C13H10BrNO3S. The number of thioether (sulfide) groups is 1. The van der Waals surface area contributed by atoms with Crippen molar-refractivity contribution < 1.29 is 15.0 Å². The van der Waals surface area contributed by atoms with E-state index in [-0.39, 0.29) is 28.6 Å². The zero-order valence-electron chi connectivity index (χ0n) is 9.71. The summed E-state index contributed by atoms with van der Waals surface area (Å²) in [4.78, 5) is 16.1. The van der Waals surface area contributed by atoms with Crippen LogP contribution >= 0.6 is 27.7 Å². The third-order valence-electron chi connectivity index (χ3n) is 2.33. The lowest BCUT2D eigenvalue weighted by atomic mass is 10.1. The molecule has 2 rings (SSSR count). The van der Waals surface area contributed by atoms with E-state index in [2.05, 4.69) is 20.9 Å². The molecule has 1 aromatic carbocycles. The molecule has 98 valence electrons. The highest BCUT2D eigenvalue weighted by Gasteiger charge is 2.12. The van der Waals surface area contributed by atoms with Gasteiger partial charge in [-0.15, -0.1) is 0 Å². The molecule has 2 N–H and O–H groups in total. The van der Waals surface area contributed by atoms with Crippen LogP contribution in [0, 0.1) is 0 Å². The maximum Gasteiger partial charge on any atom is 0.176 e. The van der Waals surface area contributed by atoms with Gasteiger partial charge in [0.15, 0.2) is 5.78 Å². The Morgan fingerprint density at radius 2 is 2.05 bits per heavy atom. The normalized spacial score (nSPS) is 10.4. The molecule has 19 heavy (non-hydrogen) atoms. The van der Waals surface area contributed by atoms with Crippen LogP contribution in [0.25, 0.3) is 0 Å². The Bertz CT molecular complexity index is 601. The highest BCUT2D eigenvalue weighted by atomic mass is 79.9. The molecule has 4 nitrogen and oxygen atoms in total. The standard InChI is InChI=1S/C13H10BrNO3S/c14-8-1-4-13(15-6-8)19-7-12(18)10-3-2-9(16)5-11(10)17/h1-6,16-17H,7H2. The lowest BCUT2D eigenvalue weighted by Crippen LogP contribution is -2.02. The molecule has 2 aromatic rings. The smallest absolute Gasteiger partial charge is 0.176 e. The number of carbonyl (C=O) groups excluding carboxylic acids is 1. The molecule has 0 unspecified atom stereocenters. The average molecular weight is 340 g/mol. The summed E-state index contributed by atoms with van der Waals surface area (Å²) < 4.78 is 0.874. The molecule has 0 aliphatic carbocycles. The summed E-state index contributed by atoms with van der Waals surface area (Å²) in [5.74, 6) is -0.328. The van der Waals surface area contributed by atoms with E-state index in [0.717, 1.165) is 15.6 Å². The van der Waals surface area contributed by atoms with E-state index in [0.29, 0.717) is 0 Å². The van der Waals surface area contributed by atoms with Gasteiger partial charge < -0.3 is 10.2 Å². The van der Waals surface area contributed by atoms with Crippen LogP contribution in [-0.4, -0.2) is 26.7 Å². The van der Waals surface area contributed by atoms with E-state index in [1.54, 1.807) is 12.3 Å². The Morgan fingerprint density at radius 1 is 1.26 bits per heavy atom. The predicted octanol–water partition coefficient (Wildman–Crippen LogP) is 3.23. The van der Waals surface area contributed by atoms with Gasteiger partial charge >= 0.3 is 0 Å². The first-order chi connectivity index (χ1) is 9.06. The lowest BCUT2D eigenvalue weighted by molar-refractivity contribution is 0.102. The number of aromatic hydroxyl groups is 2. The van der Waals surface area contributed by atoms with Gasteiger partial charge in [-0.3, -0.25) is 4.79 Å². The Hall–Kier alpha value is -1.53. The Balaban J connectivity index is 2.03. The van der Waals surface area contributed by atoms with Gasteiger partial charge in [-0.1, -0.05) is 11.8 Å². The van der Waals surface area contributed by atoms with Gasteiger partial charge in [-0.05, 0) is 40.2 Å². The van der Waals surface area contributed by atoms with Gasteiger partial charge in [0.2, 0.25) is 0 Å². The van der Waals surface area contributed by atoms with Gasteiger partial charge in [0.1, 0.15) is 11.5 Å². The predicted molar refractivity (Wildman–Crippen MR) is 76.8 cm³/mol. The Kier molecular flexibility index (Phi) is 4.44. The van der Waals surface area contributed by atoms with Crippen molar-refractivity contribution in [2.45, 2.75) is 5.03 Å². The van der Waals surface area contributed by atoms with Crippen LogP contribution in [-0.2, 0) is 0 Å². The van der Waals surface area contributed by atoms with E-state index in [1.165, 1.54) is 23.9 Å². The van der Waals surface area contributed by atoms with E-state index in [4.69, 9.17) is 5.11 Å². The number of phenolic OH excluding ortho intramolecular Hbond substituents is 2. The second kappa shape index (κ2) is 6.08. The fourth-order valence-corrected chi connectivity index (χ4v) is 2.38. The minimum Gasteiger partial charge on any atom is -0.508 e. The Morgan fingerprint density at radius 3 is 2.68 bits per heavy atom. The summed E-state index contributed by atoms with van der Waals surface area (Å²) >= 11 is 4.57. The topological polar surface area (TPSA) is 70.4 Å². The average Bonchev–Trinajstić information content (AvgIpc) is 2.37. The quantitative estimate of drug-likeness (QED) is 0.661. The third-order valence-corrected chi connectivity index (χ3v) is 3.75. The Labute approximate surface area is 122 Å². The number of hydrogen-bond acceptors (Lipinski definition) is 5. The first kappa shape index (κ1) is 13.9. The van der Waals surface area contributed by atoms with Crippen molar-refractivity contribution in [2.24, 2.45) is 0 Å². The van der Waals surface area contributed by atoms with Crippen molar-refractivity contribution in [3.63, 3.8) is 0 Å². The van der Waals surface area contributed by atoms with E-state index in [1.807, 2.05) is 6.07 Å². The van der Waals surface area contributed by atoms with Crippen LogP contribution in [0.4, 0.5) is 0 Å². The van der Waals surface area contributed by atoms with Crippen molar-refractivity contribution in [3.8, 4) is 11.5 Å².